The van der Waals surface area contributed by atoms with Crippen LogP contribution in [0.4, 0.5) is 0 Å². The molecule has 1 atom stereocenters. The smallest absolute Gasteiger partial charge is 0.207 e. The van der Waals surface area contributed by atoms with Crippen LogP contribution in [-0.4, -0.2) is 8.42 Å². The monoisotopic (exact) mass is 359 g/mol. The first-order valence-corrected chi connectivity index (χ1v) is 10.1. The molecule has 25 heavy (non-hydrogen) atoms. The van der Waals surface area contributed by atoms with Crippen molar-refractivity contribution in [3.05, 3.63) is 62.7 Å². The zero-order valence-electron chi connectivity index (χ0n) is 16.5. The van der Waals surface area contributed by atoms with Crippen LogP contribution < -0.4 is 4.72 Å². The molecular formula is C21H29NO2S. The number of rotatable bonds is 4. The van der Waals surface area contributed by atoms with Gasteiger partial charge in [0.05, 0.1) is 4.90 Å². The summed E-state index contributed by atoms with van der Waals surface area (Å²) in [6, 6.07) is 5.84. The summed E-state index contributed by atoms with van der Waals surface area (Å²) in [5, 5.41) is 0. The molecule has 4 heteroatoms. The summed E-state index contributed by atoms with van der Waals surface area (Å²) in [5.41, 5.74) is 8.15. The Morgan fingerprint density at radius 2 is 1.28 bits per heavy atom. The fourth-order valence-corrected chi connectivity index (χ4v) is 5.27. The van der Waals surface area contributed by atoms with Gasteiger partial charge < -0.3 is 0 Å². The van der Waals surface area contributed by atoms with E-state index in [9.17, 15) is 8.42 Å². The van der Waals surface area contributed by atoms with E-state index in [0.717, 1.165) is 44.5 Å². The summed E-state index contributed by atoms with van der Waals surface area (Å²) >= 11 is 0. The number of hydrogen-bond acceptors (Lipinski definition) is 2. The molecule has 3 nitrogen and oxygen atoms in total. The van der Waals surface area contributed by atoms with Gasteiger partial charge >= 0.3 is 0 Å². The van der Waals surface area contributed by atoms with Crippen molar-refractivity contribution in [1.29, 1.82) is 0 Å². The van der Waals surface area contributed by atoms with E-state index in [1.54, 1.807) is 0 Å². The van der Waals surface area contributed by atoms with Crippen molar-refractivity contribution in [2.45, 2.75) is 66.3 Å². The minimum Gasteiger partial charge on any atom is -0.207 e. The molecule has 0 fully saturated rings. The minimum atomic E-state index is -3.61. The molecule has 0 spiro atoms. The van der Waals surface area contributed by atoms with Crippen molar-refractivity contribution in [2.24, 2.45) is 0 Å². The van der Waals surface area contributed by atoms with Crippen LogP contribution in [0.15, 0.2) is 23.1 Å². The fourth-order valence-electron chi connectivity index (χ4n) is 3.45. The van der Waals surface area contributed by atoms with E-state index in [-0.39, 0.29) is 6.04 Å². The van der Waals surface area contributed by atoms with Crippen molar-refractivity contribution < 1.29 is 8.42 Å². The van der Waals surface area contributed by atoms with Crippen molar-refractivity contribution in [2.75, 3.05) is 0 Å². The predicted molar refractivity (Wildman–Crippen MR) is 105 cm³/mol. The molecule has 2 aromatic rings. The highest BCUT2D eigenvalue weighted by Gasteiger charge is 2.26. The number of benzene rings is 2. The molecule has 136 valence electrons. The normalized spacial score (nSPS) is 13.1. The zero-order valence-corrected chi connectivity index (χ0v) is 17.4. The van der Waals surface area contributed by atoms with Crippen molar-refractivity contribution in [1.82, 2.24) is 4.72 Å². The molecule has 1 N–H and O–H groups in total. The SMILES string of the molecule is Cc1ccc(C)c(C(C)NS(=O)(=O)c2c(C)c(C)c(C)c(C)c2C)c1. The average Bonchev–Trinajstić information content (AvgIpc) is 2.52. The van der Waals surface area contributed by atoms with Gasteiger partial charge in [0.1, 0.15) is 0 Å². The third-order valence-electron chi connectivity index (χ3n) is 5.43. The molecule has 0 amide bonds. The van der Waals surface area contributed by atoms with E-state index in [0.29, 0.717) is 4.90 Å². The summed E-state index contributed by atoms with van der Waals surface area (Å²) in [4.78, 5) is 0.422. The third kappa shape index (κ3) is 3.65. The van der Waals surface area contributed by atoms with Gasteiger partial charge in [-0.15, -0.1) is 0 Å². The van der Waals surface area contributed by atoms with Gasteiger partial charge in [-0.25, -0.2) is 13.1 Å². The third-order valence-corrected chi connectivity index (χ3v) is 7.25. The average molecular weight is 360 g/mol. The van der Waals surface area contributed by atoms with Crippen LogP contribution in [0.2, 0.25) is 0 Å². The predicted octanol–water partition coefficient (Wildman–Crippen LogP) is 4.89. The Labute approximate surface area is 152 Å². The Morgan fingerprint density at radius 3 is 1.80 bits per heavy atom. The van der Waals surface area contributed by atoms with Crippen molar-refractivity contribution in [3.63, 3.8) is 0 Å². The highest BCUT2D eigenvalue weighted by molar-refractivity contribution is 7.89. The van der Waals surface area contributed by atoms with Crippen LogP contribution in [0.25, 0.3) is 0 Å². The van der Waals surface area contributed by atoms with Crippen LogP contribution >= 0.6 is 0 Å². The molecule has 0 aliphatic rings. The van der Waals surface area contributed by atoms with E-state index < -0.39 is 10.0 Å². The Balaban J connectivity index is 2.52. The van der Waals surface area contributed by atoms with E-state index >= 15 is 0 Å². The maximum atomic E-state index is 13.2. The van der Waals surface area contributed by atoms with E-state index in [2.05, 4.69) is 4.72 Å². The number of hydrogen-bond donors (Lipinski definition) is 1. The molecule has 0 heterocycles. The zero-order chi connectivity index (χ0) is 19.1. The molecule has 0 aliphatic heterocycles. The van der Waals surface area contributed by atoms with Gasteiger partial charge in [-0.1, -0.05) is 23.8 Å². The number of sulfonamides is 1. The second kappa shape index (κ2) is 6.93. The van der Waals surface area contributed by atoms with Crippen LogP contribution in [0.3, 0.4) is 0 Å². The Bertz CT molecular complexity index is 898. The number of nitrogens with one attached hydrogen (secondary N) is 1. The van der Waals surface area contributed by atoms with E-state index in [4.69, 9.17) is 0 Å². The minimum absolute atomic E-state index is 0.286. The molecule has 0 radical (unpaired) electrons. The summed E-state index contributed by atoms with van der Waals surface area (Å²) in [5.74, 6) is 0. The summed E-state index contributed by atoms with van der Waals surface area (Å²) < 4.78 is 29.2. The summed E-state index contributed by atoms with van der Waals surface area (Å²) in [6.07, 6.45) is 0. The first-order chi connectivity index (χ1) is 11.5. The summed E-state index contributed by atoms with van der Waals surface area (Å²) in [6.45, 7) is 15.7. The van der Waals surface area contributed by atoms with Gasteiger partial charge in [0, 0.05) is 6.04 Å². The molecule has 2 rings (SSSR count). The Kier molecular flexibility index (Phi) is 5.45. The van der Waals surface area contributed by atoms with Gasteiger partial charge in [-0.2, -0.15) is 0 Å². The first-order valence-electron chi connectivity index (χ1n) is 8.63. The maximum Gasteiger partial charge on any atom is 0.241 e. The number of aryl methyl sites for hydroxylation is 2. The highest BCUT2D eigenvalue weighted by atomic mass is 32.2. The fraction of sp³-hybridized carbons (Fsp3) is 0.429. The largest absolute Gasteiger partial charge is 0.241 e. The lowest BCUT2D eigenvalue weighted by atomic mass is 9.95. The van der Waals surface area contributed by atoms with Crippen LogP contribution in [0.5, 0.6) is 0 Å². The van der Waals surface area contributed by atoms with Crippen LogP contribution in [0.1, 0.15) is 57.5 Å². The van der Waals surface area contributed by atoms with E-state index in [1.165, 1.54) is 0 Å². The Morgan fingerprint density at radius 1 is 0.800 bits per heavy atom. The second-order valence-electron chi connectivity index (χ2n) is 7.16. The molecule has 0 bridgehead atoms. The van der Waals surface area contributed by atoms with Gasteiger partial charge in [0.2, 0.25) is 10.0 Å². The lowest BCUT2D eigenvalue weighted by molar-refractivity contribution is 0.565. The maximum absolute atomic E-state index is 13.2. The molecule has 1 unspecified atom stereocenters. The lowest BCUT2D eigenvalue weighted by Crippen LogP contribution is -2.29. The van der Waals surface area contributed by atoms with Gasteiger partial charge in [0.15, 0.2) is 0 Å². The second-order valence-corrected chi connectivity index (χ2v) is 8.81. The van der Waals surface area contributed by atoms with Crippen molar-refractivity contribution >= 4 is 10.0 Å². The molecule has 0 aromatic heterocycles. The summed E-state index contributed by atoms with van der Waals surface area (Å²) in [7, 11) is -3.61. The molecule has 0 saturated heterocycles. The van der Waals surface area contributed by atoms with Crippen LogP contribution in [-0.2, 0) is 10.0 Å². The molecule has 2 aromatic carbocycles. The van der Waals surface area contributed by atoms with E-state index in [1.807, 2.05) is 73.6 Å². The molecular weight excluding hydrogens is 330 g/mol. The highest BCUT2D eigenvalue weighted by Crippen LogP contribution is 2.30. The van der Waals surface area contributed by atoms with Gasteiger partial charge in [-0.3, -0.25) is 0 Å². The topological polar surface area (TPSA) is 46.2 Å². The lowest BCUT2D eigenvalue weighted by Gasteiger charge is -2.22. The molecule has 0 aliphatic carbocycles. The van der Waals surface area contributed by atoms with Crippen molar-refractivity contribution in [3.8, 4) is 0 Å². The van der Waals surface area contributed by atoms with Gasteiger partial charge in [-0.05, 0) is 94.3 Å². The first kappa shape index (κ1) is 19.7. The standard InChI is InChI=1S/C21H29NO2S/c1-12-9-10-13(2)20(11-12)19(8)22-25(23,24)21-17(6)15(4)14(3)16(5)18(21)7/h9-11,19,22H,1-8H3. The Hall–Kier alpha value is -1.65. The van der Waals surface area contributed by atoms with Crippen LogP contribution in [0, 0.1) is 48.5 Å². The quantitative estimate of drug-likeness (QED) is 0.845. The van der Waals surface area contributed by atoms with Gasteiger partial charge in [0.25, 0.3) is 0 Å². The molecule has 0 saturated carbocycles.